The molecule has 0 spiro atoms. The van der Waals surface area contributed by atoms with Crippen molar-refractivity contribution in [2.45, 2.75) is 6.92 Å². The van der Waals surface area contributed by atoms with E-state index in [4.69, 9.17) is 8.92 Å². The summed E-state index contributed by atoms with van der Waals surface area (Å²) in [6.45, 7) is 2.58. The molecule has 1 rings (SSSR count). The zero-order valence-corrected chi connectivity index (χ0v) is 12.0. The summed E-state index contributed by atoms with van der Waals surface area (Å²) in [6.07, 6.45) is 1.05. The van der Waals surface area contributed by atoms with Crippen molar-refractivity contribution >= 4 is 15.8 Å². The van der Waals surface area contributed by atoms with Crippen molar-refractivity contribution in [1.82, 2.24) is 0 Å². The van der Waals surface area contributed by atoms with Gasteiger partial charge in [0, 0.05) is 24.8 Å². The van der Waals surface area contributed by atoms with Gasteiger partial charge in [-0.1, -0.05) is 6.07 Å². The van der Waals surface area contributed by atoms with Gasteiger partial charge in [0.2, 0.25) is 0 Å². The fourth-order valence-corrected chi connectivity index (χ4v) is 2.06. The lowest BCUT2D eigenvalue weighted by atomic mass is 10.1. The molecular formula is C12H19NO4S. The minimum absolute atomic E-state index is 0.131. The van der Waals surface area contributed by atoms with Crippen LogP contribution in [0.25, 0.3) is 0 Å². The largest absolute Gasteiger partial charge is 0.496 e. The number of likely N-dealkylation sites (N-methyl/N-ethyl adjacent to an activating group) is 1. The zero-order chi connectivity index (χ0) is 13.8. The van der Waals surface area contributed by atoms with Crippen LogP contribution >= 0.6 is 0 Å². The summed E-state index contributed by atoms with van der Waals surface area (Å²) < 4.78 is 31.7. The van der Waals surface area contributed by atoms with Gasteiger partial charge in [0.05, 0.1) is 20.0 Å². The van der Waals surface area contributed by atoms with E-state index >= 15 is 0 Å². The molecule has 0 saturated carbocycles. The third-order valence-corrected chi connectivity index (χ3v) is 3.21. The standard InChI is InChI=1S/C12H19NO4S/c1-10-11(6-5-7-12(10)16-3)13(2)8-9-17-18(4,14)15/h5-7H,8-9H2,1-4H3. The number of methoxy groups -OCH3 is 1. The van der Waals surface area contributed by atoms with Crippen molar-refractivity contribution < 1.29 is 17.3 Å². The fraction of sp³-hybridized carbons (Fsp3) is 0.500. The van der Waals surface area contributed by atoms with Gasteiger partial charge in [-0.15, -0.1) is 0 Å². The molecule has 6 heteroatoms. The van der Waals surface area contributed by atoms with E-state index in [2.05, 4.69) is 0 Å². The third kappa shape index (κ3) is 4.19. The van der Waals surface area contributed by atoms with Crippen LogP contribution in [0.5, 0.6) is 5.75 Å². The van der Waals surface area contributed by atoms with Gasteiger partial charge in [-0.25, -0.2) is 0 Å². The van der Waals surface area contributed by atoms with Crippen LogP contribution in [-0.2, 0) is 14.3 Å². The highest BCUT2D eigenvalue weighted by molar-refractivity contribution is 7.85. The smallest absolute Gasteiger partial charge is 0.264 e. The molecule has 0 amide bonds. The summed E-state index contributed by atoms with van der Waals surface area (Å²) in [7, 11) is 0.130. The summed E-state index contributed by atoms with van der Waals surface area (Å²) in [5.74, 6) is 0.809. The molecular weight excluding hydrogens is 254 g/mol. The minimum atomic E-state index is -3.38. The molecule has 0 aliphatic heterocycles. The Hall–Kier alpha value is -1.27. The molecule has 0 bridgehead atoms. The van der Waals surface area contributed by atoms with Gasteiger partial charge in [0.15, 0.2) is 0 Å². The second-order valence-corrected chi connectivity index (χ2v) is 5.70. The van der Waals surface area contributed by atoms with Gasteiger partial charge in [-0.05, 0) is 19.1 Å². The van der Waals surface area contributed by atoms with Gasteiger partial charge in [-0.3, -0.25) is 4.18 Å². The molecule has 5 nitrogen and oxygen atoms in total. The maximum Gasteiger partial charge on any atom is 0.264 e. The van der Waals surface area contributed by atoms with Crippen molar-refractivity contribution in [3.05, 3.63) is 23.8 Å². The second kappa shape index (κ2) is 6.06. The Morgan fingerprint density at radius 1 is 1.33 bits per heavy atom. The van der Waals surface area contributed by atoms with Gasteiger partial charge >= 0.3 is 0 Å². The lowest BCUT2D eigenvalue weighted by Crippen LogP contribution is -2.24. The molecule has 0 fully saturated rings. The molecule has 0 unspecified atom stereocenters. The first-order valence-electron chi connectivity index (χ1n) is 5.54. The summed E-state index contributed by atoms with van der Waals surface area (Å²) in [5, 5.41) is 0. The summed E-state index contributed by atoms with van der Waals surface area (Å²) >= 11 is 0. The SMILES string of the molecule is COc1cccc(N(C)CCOS(C)(=O)=O)c1C. The van der Waals surface area contributed by atoms with E-state index in [1.165, 1.54) is 0 Å². The topological polar surface area (TPSA) is 55.8 Å². The molecule has 0 heterocycles. The van der Waals surface area contributed by atoms with E-state index in [1.54, 1.807) is 7.11 Å². The van der Waals surface area contributed by atoms with Crippen molar-refractivity contribution in [1.29, 1.82) is 0 Å². The zero-order valence-electron chi connectivity index (χ0n) is 11.1. The van der Waals surface area contributed by atoms with Crippen molar-refractivity contribution in [3.8, 4) is 5.75 Å². The molecule has 102 valence electrons. The first-order chi connectivity index (χ1) is 8.35. The van der Waals surface area contributed by atoms with E-state index in [9.17, 15) is 8.42 Å². The first kappa shape index (κ1) is 14.8. The van der Waals surface area contributed by atoms with E-state index in [-0.39, 0.29) is 6.61 Å². The predicted molar refractivity (Wildman–Crippen MR) is 71.8 cm³/mol. The first-order valence-corrected chi connectivity index (χ1v) is 7.36. The maximum absolute atomic E-state index is 10.9. The molecule has 0 N–H and O–H groups in total. The molecule has 0 radical (unpaired) electrons. The Balaban J connectivity index is 2.70. The van der Waals surface area contributed by atoms with E-state index in [1.807, 2.05) is 37.1 Å². The molecule has 0 aromatic heterocycles. The molecule has 0 saturated heterocycles. The fourth-order valence-electron chi connectivity index (χ4n) is 1.68. The molecule has 0 atom stereocenters. The average Bonchev–Trinajstić information content (AvgIpc) is 2.27. The average molecular weight is 273 g/mol. The summed E-state index contributed by atoms with van der Waals surface area (Å²) in [6, 6.07) is 5.74. The van der Waals surface area contributed by atoms with Crippen LogP contribution in [0, 0.1) is 6.92 Å². The number of hydrogen-bond acceptors (Lipinski definition) is 5. The van der Waals surface area contributed by atoms with E-state index < -0.39 is 10.1 Å². The number of hydrogen-bond donors (Lipinski definition) is 0. The summed E-state index contributed by atoms with van der Waals surface area (Å²) in [5.41, 5.74) is 2.01. The summed E-state index contributed by atoms with van der Waals surface area (Å²) in [4.78, 5) is 1.93. The Morgan fingerprint density at radius 2 is 2.00 bits per heavy atom. The van der Waals surface area contributed by atoms with Gasteiger partial charge in [0.25, 0.3) is 10.1 Å². The highest BCUT2D eigenvalue weighted by Crippen LogP contribution is 2.27. The van der Waals surface area contributed by atoms with Crippen LogP contribution in [0.4, 0.5) is 5.69 Å². The van der Waals surface area contributed by atoms with E-state index in [0.717, 1.165) is 23.3 Å². The van der Waals surface area contributed by atoms with Gasteiger partial charge in [0.1, 0.15) is 5.75 Å². The lowest BCUT2D eigenvalue weighted by molar-refractivity contribution is 0.329. The van der Waals surface area contributed by atoms with Crippen LogP contribution in [0.15, 0.2) is 18.2 Å². The Bertz CT molecular complexity index is 499. The maximum atomic E-state index is 10.9. The monoisotopic (exact) mass is 273 g/mol. The van der Waals surface area contributed by atoms with Gasteiger partial charge in [-0.2, -0.15) is 8.42 Å². The Morgan fingerprint density at radius 3 is 2.56 bits per heavy atom. The van der Waals surface area contributed by atoms with Crippen molar-refractivity contribution in [2.24, 2.45) is 0 Å². The van der Waals surface area contributed by atoms with Crippen molar-refractivity contribution in [3.63, 3.8) is 0 Å². The van der Waals surface area contributed by atoms with Crippen LogP contribution in [0.3, 0.4) is 0 Å². The van der Waals surface area contributed by atoms with Crippen LogP contribution in [-0.4, -0.2) is 42.0 Å². The highest BCUT2D eigenvalue weighted by Gasteiger charge is 2.09. The number of rotatable bonds is 6. The molecule has 18 heavy (non-hydrogen) atoms. The van der Waals surface area contributed by atoms with Gasteiger partial charge < -0.3 is 9.64 Å². The molecule has 1 aromatic rings. The number of ether oxygens (including phenoxy) is 1. The normalized spacial score (nSPS) is 11.3. The molecule has 0 aliphatic carbocycles. The Labute approximate surface area is 108 Å². The van der Waals surface area contributed by atoms with Crippen LogP contribution in [0.1, 0.15) is 5.56 Å². The predicted octanol–water partition coefficient (Wildman–Crippen LogP) is 1.42. The number of anilines is 1. The highest BCUT2D eigenvalue weighted by atomic mass is 32.2. The van der Waals surface area contributed by atoms with Crippen molar-refractivity contribution in [2.75, 3.05) is 38.5 Å². The molecule has 0 aliphatic rings. The quantitative estimate of drug-likeness (QED) is 0.734. The third-order valence-electron chi connectivity index (χ3n) is 2.61. The number of nitrogens with zero attached hydrogens (tertiary/aromatic N) is 1. The van der Waals surface area contributed by atoms with E-state index in [0.29, 0.717) is 6.54 Å². The van der Waals surface area contributed by atoms with Crippen LogP contribution < -0.4 is 9.64 Å². The lowest BCUT2D eigenvalue weighted by Gasteiger charge is -2.22. The minimum Gasteiger partial charge on any atom is -0.496 e. The number of benzene rings is 1. The second-order valence-electron chi connectivity index (χ2n) is 4.05. The Kier molecular flexibility index (Phi) is 4.98. The van der Waals surface area contributed by atoms with Crippen LogP contribution in [0.2, 0.25) is 0 Å². The molecule has 1 aromatic carbocycles.